The molecule has 3 rings (SSSR count). The first-order valence-corrected chi connectivity index (χ1v) is 13.4. The van der Waals surface area contributed by atoms with Crippen LogP contribution in [0.1, 0.15) is 44.7 Å². The lowest BCUT2D eigenvalue weighted by Gasteiger charge is -2.30. The molecule has 1 aliphatic heterocycles. The van der Waals surface area contributed by atoms with E-state index in [-0.39, 0.29) is 17.3 Å². The molecule has 34 heavy (non-hydrogen) atoms. The average molecular weight is 489 g/mol. The second-order valence-electron chi connectivity index (χ2n) is 9.00. The number of nitrogens with zero attached hydrogens (tertiary/aromatic N) is 3. The third kappa shape index (κ3) is 6.77. The maximum Gasteiger partial charge on any atom is 0.251 e. The van der Waals surface area contributed by atoms with Gasteiger partial charge in [0.15, 0.2) is 0 Å². The van der Waals surface area contributed by atoms with E-state index in [4.69, 9.17) is 0 Å². The lowest BCUT2D eigenvalue weighted by atomic mass is 9.99. The molecule has 8 nitrogen and oxygen atoms in total. The van der Waals surface area contributed by atoms with Crippen molar-refractivity contribution < 1.29 is 13.2 Å². The number of sulfonamides is 1. The third-order valence-electron chi connectivity index (χ3n) is 6.27. The topological polar surface area (TPSA) is 91.7 Å². The average Bonchev–Trinajstić information content (AvgIpc) is 2.80. The highest BCUT2D eigenvalue weighted by atomic mass is 32.2. The summed E-state index contributed by atoms with van der Waals surface area (Å²) >= 11 is 0. The van der Waals surface area contributed by atoms with E-state index in [1.807, 2.05) is 12.1 Å². The fourth-order valence-electron chi connectivity index (χ4n) is 4.36. The summed E-state index contributed by atoms with van der Waals surface area (Å²) in [6, 6.07) is 10.7. The predicted molar refractivity (Wildman–Crippen MR) is 133 cm³/mol. The molecule has 0 spiro atoms. The number of carbonyl (C=O) groups is 1. The van der Waals surface area contributed by atoms with Crippen molar-refractivity contribution in [1.82, 2.24) is 19.1 Å². The van der Waals surface area contributed by atoms with Gasteiger partial charge in [-0.25, -0.2) is 8.42 Å². The zero-order chi connectivity index (χ0) is 24.7. The number of hydrogen-bond donors (Lipinski definition) is 1. The number of hydrogen-bond acceptors (Lipinski definition) is 5. The van der Waals surface area contributed by atoms with Crippen molar-refractivity contribution in [3.63, 3.8) is 0 Å². The maximum atomic E-state index is 12.7. The summed E-state index contributed by atoms with van der Waals surface area (Å²) in [7, 11) is -3.71. The van der Waals surface area contributed by atoms with Gasteiger partial charge >= 0.3 is 0 Å². The van der Waals surface area contributed by atoms with E-state index >= 15 is 0 Å². The Balaban J connectivity index is 1.57. The molecular formula is C25H36N4O4S. The van der Waals surface area contributed by atoms with Crippen molar-refractivity contribution in [2.24, 2.45) is 5.92 Å². The van der Waals surface area contributed by atoms with Gasteiger partial charge in [-0.15, -0.1) is 0 Å². The van der Waals surface area contributed by atoms with E-state index in [1.54, 1.807) is 13.8 Å². The summed E-state index contributed by atoms with van der Waals surface area (Å²) < 4.78 is 27.9. The van der Waals surface area contributed by atoms with Crippen LogP contribution >= 0.6 is 0 Å². The number of likely N-dealkylation sites (tertiary alicyclic amines) is 1. The van der Waals surface area contributed by atoms with Crippen molar-refractivity contribution in [2.45, 2.75) is 58.1 Å². The van der Waals surface area contributed by atoms with E-state index < -0.39 is 15.6 Å². The third-order valence-corrected chi connectivity index (χ3v) is 8.31. The minimum absolute atomic E-state index is 0.00212. The number of carbonyl (C=O) groups excluding carboxylic acids is 1. The molecule has 9 heteroatoms. The summed E-state index contributed by atoms with van der Waals surface area (Å²) in [5, 5.41) is 2.82. The monoisotopic (exact) mass is 488 g/mol. The van der Waals surface area contributed by atoms with Gasteiger partial charge in [-0.3, -0.25) is 14.5 Å². The van der Waals surface area contributed by atoms with Gasteiger partial charge < -0.3 is 9.88 Å². The molecule has 1 fully saturated rings. The van der Waals surface area contributed by atoms with Gasteiger partial charge in [-0.05, 0) is 42.5 Å². The Morgan fingerprint density at radius 2 is 1.76 bits per heavy atom. The molecule has 1 N–H and O–H groups in total. The highest BCUT2D eigenvalue weighted by Gasteiger charge is 2.22. The molecule has 0 saturated carbocycles. The Bertz CT molecular complexity index is 1120. The molecule has 2 aromatic rings. The Morgan fingerprint density at radius 3 is 2.41 bits per heavy atom. The quantitative estimate of drug-likeness (QED) is 0.555. The highest BCUT2D eigenvalue weighted by molar-refractivity contribution is 7.89. The molecule has 1 atom stereocenters. The van der Waals surface area contributed by atoms with Crippen LogP contribution in [-0.4, -0.2) is 54.3 Å². The number of rotatable bonds is 10. The number of benzene rings is 1. The van der Waals surface area contributed by atoms with Crippen LogP contribution in [0, 0.1) is 5.92 Å². The molecule has 1 saturated heterocycles. The lowest BCUT2D eigenvalue weighted by molar-refractivity contribution is -0.121. The Hall–Kier alpha value is -2.49. The van der Waals surface area contributed by atoms with Gasteiger partial charge in [0.2, 0.25) is 15.9 Å². The number of amides is 1. The summed E-state index contributed by atoms with van der Waals surface area (Å²) in [6.07, 6.45) is 3.79. The summed E-state index contributed by atoms with van der Waals surface area (Å²) in [4.78, 5) is 27.2. The van der Waals surface area contributed by atoms with Crippen LogP contribution in [0.25, 0.3) is 0 Å². The molecule has 0 aliphatic carbocycles. The van der Waals surface area contributed by atoms with Crippen LogP contribution in [0.15, 0.2) is 52.3 Å². The second kappa shape index (κ2) is 11.8. The van der Waals surface area contributed by atoms with Crippen LogP contribution in [0.5, 0.6) is 0 Å². The molecule has 1 aromatic heterocycles. The summed E-state index contributed by atoms with van der Waals surface area (Å²) in [5.74, 6) is 0.389. The minimum Gasteiger partial charge on any atom is -0.350 e. The van der Waals surface area contributed by atoms with E-state index in [2.05, 4.69) is 29.3 Å². The van der Waals surface area contributed by atoms with Crippen molar-refractivity contribution in [3.8, 4) is 0 Å². The number of nitrogens with one attached hydrogen (secondary N) is 1. The number of piperidine rings is 1. The summed E-state index contributed by atoms with van der Waals surface area (Å²) in [6.45, 7) is 9.77. The standard InChI is InChI=1S/C25H36N4O4S/c1-4-29(5-2)34(32,33)23-12-13-25(31)28(18-23)19-24(30)26-15-21-8-10-22(11-9-21)17-27-14-6-7-20(3)16-27/h8-13,18,20H,4-7,14-17,19H2,1-3H3,(H,26,30). The van der Waals surface area contributed by atoms with Gasteiger partial charge in [0.25, 0.3) is 5.56 Å². The molecule has 0 bridgehead atoms. The predicted octanol–water partition coefficient (Wildman–Crippen LogP) is 2.43. The molecular weight excluding hydrogens is 452 g/mol. The smallest absolute Gasteiger partial charge is 0.251 e. The zero-order valence-corrected chi connectivity index (χ0v) is 21.2. The fraction of sp³-hybridized carbons (Fsp3) is 0.520. The lowest BCUT2D eigenvalue weighted by Crippen LogP contribution is -2.34. The molecule has 1 aliphatic rings. The fourth-order valence-corrected chi connectivity index (χ4v) is 5.84. The van der Waals surface area contributed by atoms with E-state index in [9.17, 15) is 18.0 Å². The van der Waals surface area contributed by atoms with Crippen molar-refractivity contribution >= 4 is 15.9 Å². The number of pyridine rings is 1. The number of aromatic nitrogens is 1. The van der Waals surface area contributed by atoms with Crippen LogP contribution < -0.4 is 10.9 Å². The SMILES string of the molecule is CCN(CC)S(=O)(=O)c1ccc(=O)n(CC(=O)NCc2ccc(CN3CCCC(C)C3)cc2)c1. The van der Waals surface area contributed by atoms with Gasteiger partial charge in [0.05, 0.1) is 4.90 Å². The Morgan fingerprint density at radius 1 is 1.09 bits per heavy atom. The van der Waals surface area contributed by atoms with Gasteiger partial charge in [-0.1, -0.05) is 45.0 Å². The van der Waals surface area contributed by atoms with Crippen molar-refractivity contribution in [2.75, 3.05) is 26.2 Å². The van der Waals surface area contributed by atoms with Crippen molar-refractivity contribution in [3.05, 3.63) is 64.1 Å². The largest absolute Gasteiger partial charge is 0.350 e. The normalized spacial score (nSPS) is 17.1. The second-order valence-corrected chi connectivity index (χ2v) is 10.9. The van der Waals surface area contributed by atoms with E-state index in [0.717, 1.165) is 35.7 Å². The van der Waals surface area contributed by atoms with Gasteiger partial charge in [0, 0.05) is 45.0 Å². The molecule has 186 valence electrons. The van der Waals surface area contributed by atoms with Crippen LogP contribution in [0.4, 0.5) is 0 Å². The van der Waals surface area contributed by atoms with Gasteiger partial charge in [-0.2, -0.15) is 4.31 Å². The zero-order valence-electron chi connectivity index (χ0n) is 20.4. The minimum atomic E-state index is -3.71. The first kappa shape index (κ1) is 26.1. The van der Waals surface area contributed by atoms with Crippen molar-refractivity contribution in [1.29, 1.82) is 0 Å². The van der Waals surface area contributed by atoms with Gasteiger partial charge in [0.1, 0.15) is 6.54 Å². The maximum absolute atomic E-state index is 12.7. The first-order chi connectivity index (χ1) is 16.2. The first-order valence-electron chi connectivity index (χ1n) is 12.0. The molecule has 2 heterocycles. The molecule has 0 radical (unpaired) electrons. The van der Waals surface area contributed by atoms with Crippen LogP contribution in [0.2, 0.25) is 0 Å². The van der Waals surface area contributed by atoms with E-state index in [1.165, 1.54) is 41.0 Å². The molecule has 1 aromatic carbocycles. The molecule has 1 unspecified atom stereocenters. The Labute approximate surface area is 202 Å². The van der Waals surface area contributed by atoms with Crippen LogP contribution in [0.3, 0.4) is 0 Å². The highest BCUT2D eigenvalue weighted by Crippen LogP contribution is 2.18. The van der Waals surface area contributed by atoms with Crippen LogP contribution in [-0.2, 0) is 34.5 Å². The molecule has 1 amide bonds. The van der Waals surface area contributed by atoms with E-state index in [0.29, 0.717) is 19.6 Å². The summed E-state index contributed by atoms with van der Waals surface area (Å²) in [5.41, 5.74) is 1.79. The Kier molecular flexibility index (Phi) is 9.04.